The van der Waals surface area contributed by atoms with Crippen molar-refractivity contribution in [2.45, 2.75) is 91.3 Å². The van der Waals surface area contributed by atoms with Crippen LogP contribution in [-0.2, 0) is 23.7 Å². The Kier molecular flexibility index (Phi) is 11.9. The molecule has 0 radical (unpaired) electrons. The lowest BCUT2D eigenvalue weighted by Crippen LogP contribution is -2.50. The third kappa shape index (κ3) is 8.35. The lowest BCUT2D eigenvalue weighted by atomic mass is 9.95. The van der Waals surface area contributed by atoms with Crippen molar-refractivity contribution in [2.75, 3.05) is 33.0 Å². The Balaban J connectivity index is 2.70. The molecule has 0 aromatic heterocycles. The third-order valence-electron chi connectivity index (χ3n) is 4.64. The molecular formula is C20H40O5. The number of rotatable bonds is 17. The first kappa shape index (κ1) is 22.8. The van der Waals surface area contributed by atoms with Gasteiger partial charge in [0, 0.05) is 19.8 Å². The van der Waals surface area contributed by atoms with Crippen LogP contribution in [0, 0.1) is 5.92 Å². The van der Waals surface area contributed by atoms with Gasteiger partial charge in [0.05, 0.1) is 25.2 Å². The minimum absolute atomic E-state index is 0.0164. The molecule has 1 aliphatic heterocycles. The van der Waals surface area contributed by atoms with E-state index >= 15 is 0 Å². The molecule has 1 saturated heterocycles. The summed E-state index contributed by atoms with van der Waals surface area (Å²) in [7, 11) is 0. The molecule has 0 N–H and O–H groups in total. The molecule has 0 saturated carbocycles. The molecular weight excluding hydrogens is 320 g/mol. The third-order valence-corrected chi connectivity index (χ3v) is 4.64. The summed E-state index contributed by atoms with van der Waals surface area (Å²) in [4.78, 5) is 0. The van der Waals surface area contributed by atoms with Crippen molar-refractivity contribution in [1.29, 1.82) is 0 Å². The van der Waals surface area contributed by atoms with Crippen LogP contribution in [0.2, 0.25) is 0 Å². The maximum absolute atomic E-state index is 6.21. The molecule has 0 amide bonds. The second-order valence-electron chi connectivity index (χ2n) is 6.72. The molecule has 0 bridgehead atoms. The first-order chi connectivity index (χ1) is 12.1. The second-order valence-corrected chi connectivity index (χ2v) is 6.72. The summed E-state index contributed by atoms with van der Waals surface area (Å²) >= 11 is 0. The van der Waals surface area contributed by atoms with Gasteiger partial charge >= 0.3 is 0 Å². The van der Waals surface area contributed by atoms with Crippen LogP contribution in [0.5, 0.6) is 0 Å². The van der Waals surface area contributed by atoms with Gasteiger partial charge < -0.3 is 23.7 Å². The maximum atomic E-state index is 6.21. The molecule has 1 heterocycles. The van der Waals surface area contributed by atoms with E-state index < -0.39 is 5.97 Å². The summed E-state index contributed by atoms with van der Waals surface area (Å²) < 4.78 is 29.4. The van der Waals surface area contributed by atoms with E-state index in [2.05, 4.69) is 13.8 Å². The average Bonchev–Trinajstić information content (AvgIpc) is 3.41. The summed E-state index contributed by atoms with van der Waals surface area (Å²) in [5.41, 5.74) is 0. The number of unbranched alkanes of at least 4 members (excludes halogenated alkanes) is 4. The van der Waals surface area contributed by atoms with Crippen molar-refractivity contribution < 1.29 is 23.7 Å². The van der Waals surface area contributed by atoms with Crippen molar-refractivity contribution in [2.24, 2.45) is 5.92 Å². The SMILES string of the molecule is CCCCCCCC(OCC1CO1)C(C)C(OCC)(OCC)OCC. The molecule has 5 nitrogen and oxygen atoms in total. The van der Waals surface area contributed by atoms with E-state index in [0.29, 0.717) is 26.4 Å². The lowest BCUT2D eigenvalue weighted by Gasteiger charge is -2.40. The van der Waals surface area contributed by atoms with E-state index in [9.17, 15) is 0 Å². The lowest BCUT2D eigenvalue weighted by molar-refractivity contribution is -0.408. The molecule has 0 spiro atoms. The van der Waals surface area contributed by atoms with Crippen LogP contribution in [0.1, 0.15) is 73.1 Å². The Morgan fingerprint density at radius 3 is 1.96 bits per heavy atom. The Morgan fingerprint density at radius 2 is 1.48 bits per heavy atom. The number of hydrogen-bond acceptors (Lipinski definition) is 5. The van der Waals surface area contributed by atoms with Crippen molar-refractivity contribution in [3.63, 3.8) is 0 Å². The van der Waals surface area contributed by atoms with Gasteiger partial charge in [-0.25, -0.2) is 0 Å². The highest BCUT2D eigenvalue weighted by atomic mass is 16.9. The van der Waals surface area contributed by atoms with Crippen LogP contribution >= 0.6 is 0 Å². The first-order valence-corrected chi connectivity index (χ1v) is 10.3. The molecule has 3 unspecified atom stereocenters. The zero-order valence-corrected chi connectivity index (χ0v) is 17.1. The molecule has 0 aromatic rings. The topological polar surface area (TPSA) is 49.5 Å². The van der Waals surface area contributed by atoms with Gasteiger partial charge in [-0.3, -0.25) is 0 Å². The van der Waals surface area contributed by atoms with Gasteiger partial charge in [-0.05, 0) is 27.2 Å². The molecule has 150 valence electrons. The van der Waals surface area contributed by atoms with E-state index in [1.165, 1.54) is 25.7 Å². The zero-order chi connectivity index (χ0) is 18.5. The standard InChI is InChI=1S/C20H40O5/c1-6-10-11-12-13-14-19(22-16-18-15-21-18)17(5)20(23-7-2,24-8-3)25-9-4/h17-19H,6-16H2,1-5H3. The minimum atomic E-state index is -1.03. The van der Waals surface area contributed by atoms with Crippen molar-refractivity contribution >= 4 is 0 Å². The molecule has 1 aliphatic rings. The highest BCUT2D eigenvalue weighted by Crippen LogP contribution is 2.32. The monoisotopic (exact) mass is 360 g/mol. The molecule has 0 aromatic carbocycles. The van der Waals surface area contributed by atoms with Crippen molar-refractivity contribution in [3.8, 4) is 0 Å². The van der Waals surface area contributed by atoms with Crippen molar-refractivity contribution in [1.82, 2.24) is 0 Å². The quantitative estimate of drug-likeness (QED) is 0.217. The Bertz CT molecular complexity index is 302. The zero-order valence-electron chi connectivity index (χ0n) is 17.1. The summed E-state index contributed by atoms with van der Waals surface area (Å²) in [6, 6.07) is 0. The summed E-state index contributed by atoms with van der Waals surface area (Å²) in [6.45, 7) is 13.3. The van der Waals surface area contributed by atoms with E-state index in [4.69, 9.17) is 23.7 Å². The average molecular weight is 361 g/mol. The van der Waals surface area contributed by atoms with Gasteiger partial charge in [-0.2, -0.15) is 0 Å². The molecule has 5 heteroatoms. The highest BCUT2D eigenvalue weighted by molar-refractivity contribution is 4.79. The van der Waals surface area contributed by atoms with E-state index in [-0.39, 0.29) is 18.1 Å². The van der Waals surface area contributed by atoms with Gasteiger partial charge in [0.2, 0.25) is 0 Å². The largest absolute Gasteiger partial charge is 0.375 e. The fraction of sp³-hybridized carbons (Fsp3) is 1.00. The second kappa shape index (κ2) is 13.0. The van der Waals surface area contributed by atoms with Gasteiger partial charge in [0.1, 0.15) is 6.10 Å². The predicted octanol–water partition coefficient (Wildman–Crippen LogP) is 4.53. The highest BCUT2D eigenvalue weighted by Gasteiger charge is 2.44. The van der Waals surface area contributed by atoms with Gasteiger partial charge in [0.25, 0.3) is 5.97 Å². The van der Waals surface area contributed by atoms with Crippen LogP contribution in [0.3, 0.4) is 0 Å². The van der Waals surface area contributed by atoms with E-state index in [1.807, 2.05) is 20.8 Å². The van der Waals surface area contributed by atoms with Crippen LogP contribution in [0.25, 0.3) is 0 Å². The predicted molar refractivity (Wildman–Crippen MR) is 99.6 cm³/mol. The summed E-state index contributed by atoms with van der Waals surface area (Å²) in [5, 5.41) is 0. The van der Waals surface area contributed by atoms with E-state index in [1.54, 1.807) is 0 Å². The van der Waals surface area contributed by atoms with Crippen LogP contribution in [-0.4, -0.2) is 51.2 Å². The van der Waals surface area contributed by atoms with Crippen molar-refractivity contribution in [3.05, 3.63) is 0 Å². The minimum Gasteiger partial charge on any atom is -0.375 e. The Hall–Kier alpha value is -0.200. The summed E-state index contributed by atoms with van der Waals surface area (Å²) in [5.74, 6) is -1.05. The van der Waals surface area contributed by atoms with Crippen LogP contribution in [0.4, 0.5) is 0 Å². The maximum Gasteiger partial charge on any atom is 0.288 e. The smallest absolute Gasteiger partial charge is 0.288 e. The molecule has 25 heavy (non-hydrogen) atoms. The fourth-order valence-corrected chi connectivity index (χ4v) is 3.17. The molecule has 1 fully saturated rings. The summed E-state index contributed by atoms with van der Waals surface area (Å²) in [6.07, 6.45) is 7.54. The number of ether oxygens (including phenoxy) is 5. The first-order valence-electron chi connectivity index (χ1n) is 10.3. The van der Waals surface area contributed by atoms with Crippen LogP contribution in [0.15, 0.2) is 0 Å². The van der Waals surface area contributed by atoms with Crippen LogP contribution < -0.4 is 0 Å². The molecule has 1 rings (SSSR count). The molecule has 0 aliphatic carbocycles. The number of epoxide rings is 1. The normalized spacial score (nSPS) is 19.8. The molecule has 3 atom stereocenters. The Morgan fingerprint density at radius 1 is 0.920 bits per heavy atom. The van der Waals surface area contributed by atoms with E-state index in [0.717, 1.165) is 19.4 Å². The van der Waals surface area contributed by atoms with Gasteiger partial charge in [-0.1, -0.05) is 46.0 Å². The Labute approximate surface area is 154 Å². The van der Waals surface area contributed by atoms with Gasteiger partial charge in [0.15, 0.2) is 0 Å². The fourth-order valence-electron chi connectivity index (χ4n) is 3.17. The van der Waals surface area contributed by atoms with Gasteiger partial charge in [-0.15, -0.1) is 0 Å². The number of hydrogen-bond donors (Lipinski definition) is 0.